The zero-order chi connectivity index (χ0) is 38.0. The van der Waals surface area contributed by atoms with E-state index in [-0.39, 0.29) is 30.8 Å². The number of carbonyl (C=O) groups is 3. The monoisotopic (exact) mass is 744 g/mol. The summed E-state index contributed by atoms with van der Waals surface area (Å²) >= 11 is 0. The maximum Gasteiger partial charge on any atom is 0.508 e. The Kier molecular flexibility index (Phi) is 10.3. The maximum atomic E-state index is 12.5. The van der Waals surface area contributed by atoms with E-state index in [0.29, 0.717) is 51.7 Å². The zero-order valence-electron chi connectivity index (χ0n) is 31.6. The fourth-order valence-corrected chi connectivity index (χ4v) is 8.85. The number of benzene rings is 4. The lowest BCUT2D eigenvalue weighted by atomic mass is 9.82. The van der Waals surface area contributed by atoms with Gasteiger partial charge in [0.2, 0.25) is 0 Å². The molecule has 4 aromatic carbocycles. The Morgan fingerprint density at radius 2 is 0.891 bits per heavy atom. The van der Waals surface area contributed by atoms with Gasteiger partial charge in [-0.25, -0.2) is 9.59 Å². The molecule has 0 atom stereocenters. The summed E-state index contributed by atoms with van der Waals surface area (Å²) in [7, 11) is 0. The number of hydrogen-bond donors (Lipinski definition) is 0. The van der Waals surface area contributed by atoms with Gasteiger partial charge in [0.05, 0.1) is 13.2 Å². The van der Waals surface area contributed by atoms with E-state index in [1.807, 2.05) is 62.4 Å². The highest BCUT2D eigenvalue weighted by Gasteiger charge is 2.46. The van der Waals surface area contributed by atoms with Gasteiger partial charge in [-0.1, -0.05) is 97.1 Å². The molecule has 55 heavy (non-hydrogen) atoms. The number of rotatable bonds is 6. The third-order valence-corrected chi connectivity index (χ3v) is 12.1. The molecule has 286 valence electrons. The standard InChI is InChI=1S/C24H26O5.C22H22O4/c1-23(10-12-24(13-11-23)27-14-15-28-24)29-22(25)26-16-21-19-8-4-2-6-17(19)18-7-3-5-9-20(18)21;1-22(12-10-15(23)11-13-22)26-21(24)25-14-20-18-8-4-2-6-16(18)17-7-3-5-9-19(17)20/h2-9,21H,10-16H2,1H3;2-9,20H,10-14H2,1H3. The van der Waals surface area contributed by atoms with Gasteiger partial charge in [0, 0.05) is 37.5 Å². The summed E-state index contributed by atoms with van der Waals surface area (Å²) in [4.78, 5) is 36.2. The van der Waals surface area contributed by atoms with E-state index < -0.39 is 29.3 Å². The molecule has 3 fully saturated rings. The van der Waals surface area contributed by atoms with Crippen LogP contribution in [-0.2, 0) is 33.2 Å². The van der Waals surface area contributed by atoms with Crippen LogP contribution in [0.25, 0.3) is 22.3 Å². The number of ether oxygens (including phenoxy) is 6. The summed E-state index contributed by atoms with van der Waals surface area (Å²) in [6, 6.07) is 33.1. The van der Waals surface area contributed by atoms with E-state index in [2.05, 4.69) is 48.5 Å². The number of hydrogen-bond acceptors (Lipinski definition) is 9. The fraction of sp³-hybridized carbons (Fsp3) is 0.413. The molecule has 9 heteroatoms. The molecule has 1 heterocycles. The van der Waals surface area contributed by atoms with Crippen LogP contribution in [0.15, 0.2) is 97.1 Å². The van der Waals surface area contributed by atoms with Crippen molar-refractivity contribution >= 4 is 18.1 Å². The van der Waals surface area contributed by atoms with Gasteiger partial charge in [0.25, 0.3) is 0 Å². The third-order valence-electron chi connectivity index (χ3n) is 12.1. The molecule has 0 aromatic heterocycles. The Hall–Kier alpha value is -4.99. The summed E-state index contributed by atoms with van der Waals surface area (Å²) in [5.74, 6) is -0.170. The highest BCUT2D eigenvalue weighted by Crippen LogP contribution is 2.46. The van der Waals surface area contributed by atoms with Gasteiger partial charge in [-0.2, -0.15) is 0 Å². The SMILES string of the molecule is CC1(OC(=O)OCC2c3ccccc3-c3ccccc32)CCC(=O)CC1.CC1(OC(=O)OCC2c3ccccc3-c3ccccc32)CCC2(CC1)OCCO2. The van der Waals surface area contributed by atoms with Gasteiger partial charge < -0.3 is 28.4 Å². The Balaban J connectivity index is 0.000000156. The molecule has 2 saturated carbocycles. The van der Waals surface area contributed by atoms with Gasteiger partial charge in [0.1, 0.15) is 30.2 Å². The summed E-state index contributed by atoms with van der Waals surface area (Å²) < 4.78 is 33.9. The van der Waals surface area contributed by atoms with Crippen molar-refractivity contribution in [3.05, 3.63) is 119 Å². The van der Waals surface area contributed by atoms with Gasteiger partial charge in [0.15, 0.2) is 5.79 Å². The molecule has 0 amide bonds. The Bertz CT molecular complexity index is 1950. The summed E-state index contributed by atoms with van der Waals surface area (Å²) in [6.45, 7) is 5.66. The van der Waals surface area contributed by atoms with Crippen molar-refractivity contribution in [3.8, 4) is 22.3 Å². The Labute approximate surface area is 322 Å². The topological polar surface area (TPSA) is 107 Å². The van der Waals surface area contributed by atoms with E-state index in [4.69, 9.17) is 28.4 Å². The molecule has 0 radical (unpaired) electrons. The van der Waals surface area contributed by atoms with Crippen LogP contribution in [0.5, 0.6) is 0 Å². The number of carbonyl (C=O) groups excluding carboxylic acids is 3. The molecule has 4 aliphatic carbocycles. The molecule has 9 nitrogen and oxygen atoms in total. The lowest BCUT2D eigenvalue weighted by Crippen LogP contribution is -2.44. The predicted octanol–water partition coefficient (Wildman–Crippen LogP) is 9.88. The van der Waals surface area contributed by atoms with Gasteiger partial charge in [-0.15, -0.1) is 0 Å². The Morgan fingerprint density at radius 3 is 1.27 bits per heavy atom. The second kappa shape index (κ2) is 15.3. The minimum atomic E-state index is -0.649. The average Bonchev–Trinajstić information content (AvgIpc) is 3.89. The van der Waals surface area contributed by atoms with Gasteiger partial charge in [-0.3, -0.25) is 4.79 Å². The molecule has 4 aromatic rings. The van der Waals surface area contributed by atoms with Crippen molar-refractivity contribution in [1.82, 2.24) is 0 Å². The minimum absolute atomic E-state index is 0.0238. The predicted molar refractivity (Wildman–Crippen MR) is 206 cm³/mol. The first-order valence-electron chi connectivity index (χ1n) is 19.5. The van der Waals surface area contributed by atoms with Crippen molar-refractivity contribution < 1.29 is 42.8 Å². The molecule has 1 aliphatic heterocycles. The van der Waals surface area contributed by atoms with Crippen molar-refractivity contribution in [2.45, 2.75) is 94.0 Å². The molecule has 1 saturated heterocycles. The average molecular weight is 745 g/mol. The van der Waals surface area contributed by atoms with Crippen molar-refractivity contribution in [2.24, 2.45) is 0 Å². The second-order valence-corrected chi connectivity index (χ2v) is 15.8. The van der Waals surface area contributed by atoms with Crippen LogP contribution in [0.3, 0.4) is 0 Å². The first-order valence-corrected chi connectivity index (χ1v) is 19.5. The molecule has 0 N–H and O–H groups in total. The van der Waals surface area contributed by atoms with Crippen LogP contribution in [0.2, 0.25) is 0 Å². The molecule has 9 rings (SSSR count). The molecule has 1 spiro atoms. The normalized spacial score (nSPS) is 19.9. The smallest absolute Gasteiger partial charge is 0.433 e. The van der Waals surface area contributed by atoms with E-state index in [9.17, 15) is 14.4 Å². The van der Waals surface area contributed by atoms with E-state index in [0.717, 1.165) is 12.8 Å². The van der Waals surface area contributed by atoms with Crippen LogP contribution in [0.4, 0.5) is 9.59 Å². The largest absolute Gasteiger partial charge is 0.508 e. The number of Topliss-reactive ketones (excluding diaryl/α,β-unsaturated/α-hetero) is 1. The molecule has 5 aliphatic rings. The molecule has 0 unspecified atom stereocenters. The lowest BCUT2D eigenvalue weighted by Gasteiger charge is -2.40. The van der Waals surface area contributed by atoms with E-state index >= 15 is 0 Å². The zero-order valence-corrected chi connectivity index (χ0v) is 31.6. The maximum absolute atomic E-state index is 12.5. The third kappa shape index (κ3) is 7.78. The van der Waals surface area contributed by atoms with Crippen molar-refractivity contribution in [1.29, 1.82) is 0 Å². The van der Waals surface area contributed by atoms with Crippen LogP contribution in [0, 0.1) is 0 Å². The van der Waals surface area contributed by atoms with Crippen LogP contribution >= 0.6 is 0 Å². The van der Waals surface area contributed by atoms with Crippen LogP contribution in [-0.4, -0.2) is 61.5 Å². The van der Waals surface area contributed by atoms with Crippen LogP contribution < -0.4 is 0 Å². The van der Waals surface area contributed by atoms with Gasteiger partial charge >= 0.3 is 12.3 Å². The quantitative estimate of drug-likeness (QED) is 0.178. The Morgan fingerprint density at radius 1 is 0.545 bits per heavy atom. The van der Waals surface area contributed by atoms with Gasteiger partial charge in [-0.05, 0) is 84.0 Å². The fourth-order valence-electron chi connectivity index (χ4n) is 8.85. The van der Waals surface area contributed by atoms with Crippen molar-refractivity contribution in [2.75, 3.05) is 26.4 Å². The first kappa shape index (κ1) is 37.0. The molecule has 0 bridgehead atoms. The summed E-state index contributed by atoms with van der Waals surface area (Å²) in [5, 5.41) is 0. The number of fused-ring (bicyclic) bond motifs is 6. The molecular weight excluding hydrogens is 696 g/mol. The highest BCUT2D eigenvalue weighted by molar-refractivity contribution is 5.81. The second-order valence-electron chi connectivity index (χ2n) is 15.8. The summed E-state index contributed by atoms with van der Waals surface area (Å²) in [6.07, 6.45) is 3.70. The first-order chi connectivity index (χ1) is 26.6. The minimum Gasteiger partial charge on any atom is -0.433 e. The highest BCUT2D eigenvalue weighted by atomic mass is 16.7. The van der Waals surface area contributed by atoms with Crippen LogP contribution in [0.1, 0.15) is 99.3 Å². The van der Waals surface area contributed by atoms with Crippen molar-refractivity contribution in [3.63, 3.8) is 0 Å². The van der Waals surface area contributed by atoms with E-state index in [1.165, 1.54) is 44.5 Å². The summed E-state index contributed by atoms with van der Waals surface area (Å²) in [5.41, 5.74) is 8.43. The lowest BCUT2D eigenvalue weighted by molar-refractivity contribution is -0.202. The number of ketones is 1. The molecular formula is C46H48O9. The van der Waals surface area contributed by atoms with E-state index in [1.54, 1.807) is 0 Å².